The zero-order valence-electron chi connectivity index (χ0n) is 5.37. The number of fused-ring (bicyclic) bond motifs is 1. The van der Waals surface area contributed by atoms with Crippen molar-refractivity contribution in [1.82, 2.24) is 9.97 Å². The summed E-state index contributed by atoms with van der Waals surface area (Å²) >= 11 is 0. The molecule has 2 heterocycles. The lowest BCUT2D eigenvalue weighted by Crippen LogP contribution is -1.95. The third-order valence-corrected chi connectivity index (χ3v) is 1.49. The van der Waals surface area contributed by atoms with Crippen molar-refractivity contribution in [3.05, 3.63) is 12.0 Å². The Hall–Kier alpha value is -1.32. The Morgan fingerprint density at radius 2 is 2.40 bits per heavy atom. The lowest BCUT2D eigenvalue weighted by molar-refractivity contribution is 0.357. The molecule has 0 unspecified atom stereocenters. The Bertz CT molecular complexity index is 261. The molecule has 0 aromatic carbocycles. The lowest BCUT2D eigenvalue weighted by Gasteiger charge is -1.98. The molecular weight excluding hydrogens is 130 g/mol. The van der Waals surface area contributed by atoms with E-state index in [1.165, 1.54) is 6.33 Å². The van der Waals surface area contributed by atoms with E-state index in [1.54, 1.807) is 0 Å². The normalized spacial score (nSPS) is 14.4. The molecule has 4 heteroatoms. The van der Waals surface area contributed by atoms with Gasteiger partial charge in [-0.05, 0) is 0 Å². The zero-order valence-corrected chi connectivity index (χ0v) is 5.37. The Labute approximate surface area is 58.0 Å². The molecule has 1 aromatic heterocycles. The molecule has 2 N–H and O–H groups in total. The standard InChI is InChI=1S/C6H7N3O/c7-6-5-4(1-2-10-5)8-3-9-6/h3H,1-2H2,(H2,7,8,9). The van der Waals surface area contributed by atoms with Gasteiger partial charge in [-0.15, -0.1) is 0 Å². The fraction of sp³-hybridized carbons (Fsp3) is 0.333. The van der Waals surface area contributed by atoms with Crippen molar-refractivity contribution in [1.29, 1.82) is 0 Å². The number of nitrogens with two attached hydrogens (primary N) is 1. The van der Waals surface area contributed by atoms with Crippen LogP contribution < -0.4 is 10.5 Å². The van der Waals surface area contributed by atoms with Gasteiger partial charge in [0.25, 0.3) is 0 Å². The van der Waals surface area contributed by atoms with E-state index in [0.717, 1.165) is 12.1 Å². The molecule has 0 bridgehead atoms. The van der Waals surface area contributed by atoms with Gasteiger partial charge < -0.3 is 10.5 Å². The first kappa shape index (κ1) is 5.46. The highest BCUT2D eigenvalue weighted by Gasteiger charge is 2.16. The second-order valence-electron chi connectivity index (χ2n) is 2.13. The fourth-order valence-corrected chi connectivity index (χ4v) is 1.01. The predicted molar refractivity (Wildman–Crippen MR) is 35.6 cm³/mol. The molecule has 0 radical (unpaired) electrons. The number of aromatic nitrogens is 2. The van der Waals surface area contributed by atoms with Crippen LogP contribution in [0.15, 0.2) is 6.33 Å². The monoisotopic (exact) mass is 137 g/mol. The summed E-state index contributed by atoms with van der Waals surface area (Å²) in [5.74, 6) is 1.12. The molecule has 1 aliphatic heterocycles. The minimum Gasteiger partial charge on any atom is -0.487 e. The summed E-state index contributed by atoms with van der Waals surface area (Å²) in [6, 6.07) is 0. The molecule has 0 saturated heterocycles. The molecule has 1 aromatic rings. The minimum absolute atomic E-state index is 0.447. The first-order valence-corrected chi connectivity index (χ1v) is 3.10. The number of hydrogen-bond acceptors (Lipinski definition) is 4. The minimum atomic E-state index is 0.447. The number of hydrogen-bond donors (Lipinski definition) is 1. The van der Waals surface area contributed by atoms with E-state index in [4.69, 9.17) is 10.5 Å². The van der Waals surface area contributed by atoms with Gasteiger partial charge in [-0.25, -0.2) is 9.97 Å². The fourth-order valence-electron chi connectivity index (χ4n) is 1.01. The van der Waals surface area contributed by atoms with Crippen LogP contribution in [-0.4, -0.2) is 16.6 Å². The zero-order chi connectivity index (χ0) is 6.97. The van der Waals surface area contributed by atoms with Gasteiger partial charge in [0.1, 0.15) is 6.33 Å². The van der Waals surface area contributed by atoms with Gasteiger partial charge in [-0.2, -0.15) is 0 Å². The second kappa shape index (κ2) is 1.83. The third kappa shape index (κ3) is 0.618. The van der Waals surface area contributed by atoms with Crippen LogP contribution in [-0.2, 0) is 6.42 Å². The van der Waals surface area contributed by atoms with Crippen LogP contribution >= 0.6 is 0 Å². The van der Waals surface area contributed by atoms with Crippen LogP contribution in [0.4, 0.5) is 5.82 Å². The summed E-state index contributed by atoms with van der Waals surface area (Å²) in [7, 11) is 0. The summed E-state index contributed by atoms with van der Waals surface area (Å²) in [5, 5.41) is 0. The topological polar surface area (TPSA) is 61.0 Å². The average Bonchev–Trinajstić information content (AvgIpc) is 2.36. The lowest BCUT2D eigenvalue weighted by atomic mass is 10.3. The Balaban J connectivity index is 2.59. The number of anilines is 1. The molecule has 0 aliphatic carbocycles. The van der Waals surface area contributed by atoms with Crippen LogP contribution in [0.25, 0.3) is 0 Å². The van der Waals surface area contributed by atoms with Gasteiger partial charge in [0.05, 0.1) is 12.3 Å². The molecule has 0 fully saturated rings. The van der Waals surface area contributed by atoms with Crippen molar-refractivity contribution < 1.29 is 4.74 Å². The maximum atomic E-state index is 5.50. The molecule has 10 heavy (non-hydrogen) atoms. The second-order valence-corrected chi connectivity index (χ2v) is 2.13. The van der Waals surface area contributed by atoms with E-state index < -0.39 is 0 Å². The molecule has 0 spiro atoms. The smallest absolute Gasteiger partial charge is 0.183 e. The number of nitrogen functional groups attached to an aromatic ring is 1. The van der Waals surface area contributed by atoms with Gasteiger partial charge in [0.15, 0.2) is 11.6 Å². The Morgan fingerprint density at radius 3 is 3.20 bits per heavy atom. The maximum Gasteiger partial charge on any atom is 0.183 e. The molecule has 0 amide bonds. The van der Waals surface area contributed by atoms with Gasteiger partial charge in [-0.1, -0.05) is 0 Å². The third-order valence-electron chi connectivity index (χ3n) is 1.49. The largest absolute Gasteiger partial charge is 0.487 e. The summed E-state index contributed by atoms with van der Waals surface area (Å²) in [6.45, 7) is 0.679. The van der Waals surface area contributed by atoms with Crippen LogP contribution in [0.5, 0.6) is 5.75 Å². The van der Waals surface area contributed by atoms with Gasteiger partial charge in [0.2, 0.25) is 0 Å². The predicted octanol–water partition coefficient (Wildman–Crippen LogP) is -0.00630. The van der Waals surface area contributed by atoms with E-state index in [9.17, 15) is 0 Å². The van der Waals surface area contributed by atoms with Gasteiger partial charge in [0, 0.05) is 6.42 Å². The van der Waals surface area contributed by atoms with E-state index in [-0.39, 0.29) is 0 Å². The summed E-state index contributed by atoms with van der Waals surface area (Å²) in [5.41, 5.74) is 6.42. The van der Waals surface area contributed by atoms with Crippen LogP contribution in [0.1, 0.15) is 5.69 Å². The van der Waals surface area contributed by atoms with Crippen molar-refractivity contribution in [2.75, 3.05) is 12.3 Å². The number of ether oxygens (including phenoxy) is 1. The van der Waals surface area contributed by atoms with Crippen molar-refractivity contribution in [2.24, 2.45) is 0 Å². The van der Waals surface area contributed by atoms with Gasteiger partial charge in [-0.3, -0.25) is 0 Å². The van der Waals surface area contributed by atoms with Crippen LogP contribution in [0, 0.1) is 0 Å². The Kier molecular flexibility index (Phi) is 1.00. The maximum absolute atomic E-state index is 5.50. The van der Waals surface area contributed by atoms with Crippen molar-refractivity contribution in [3.8, 4) is 5.75 Å². The molecule has 1 aliphatic rings. The molecule has 0 saturated carbocycles. The first-order valence-electron chi connectivity index (χ1n) is 3.10. The average molecular weight is 137 g/mol. The molecular formula is C6H7N3O. The van der Waals surface area contributed by atoms with Gasteiger partial charge >= 0.3 is 0 Å². The van der Waals surface area contributed by atoms with Crippen LogP contribution in [0.2, 0.25) is 0 Å². The van der Waals surface area contributed by atoms with E-state index in [2.05, 4.69) is 9.97 Å². The highest BCUT2D eigenvalue weighted by Crippen LogP contribution is 2.26. The first-order chi connectivity index (χ1) is 4.88. The summed E-state index contributed by atoms with van der Waals surface area (Å²) in [6.07, 6.45) is 2.31. The van der Waals surface area contributed by atoms with Crippen molar-refractivity contribution in [3.63, 3.8) is 0 Å². The van der Waals surface area contributed by atoms with Crippen molar-refractivity contribution >= 4 is 5.82 Å². The SMILES string of the molecule is Nc1ncnc2c1OCC2. The van der Waals surface area contributed by atoms with E-state index >= 15 is 0 Å². The summed E-state index contributed by atoms with van der Waals surface area (Å²) in [4.78, 5) is 7.80. The molecule has 4 nitrogen and oxygen atoms in total. The highest BCUT2D eigenvalue weighted by molar-refractivity contribution is 5.49. The summed E-state index contributed by atoms with van der Waals surface area (Å²) < 4.78 is 5.18. The molecule has 52 valence electrons. The highest BCUT2D eigenvalue weighted by atomic mass is 16.5. The molecule has 2 rings (SSSR count). The van der Waals surface area contributed by atoms with E-state index in [1.807, 2.05) is 0 Å². The van der Waals surface area contributed by atoms with Crippen LogP contribution in [0.3, 0.4) is 0 Å². The number of rotatable bonds is 0. The quantitative estimate of drug-likeness (QED) is 0.546. The Morgan fingerprint density at radius 1 is 1.50 bits per heavy atom. The number of nitrogens with zero attached hydrogens (tertiary/aromatic N) is 2. The molecule has 0 atom stereocenters. The van der Waals surface area contributed by atoms with Crippen molar-refractivity contribution in [2.45, 2.75) is 6.42 Å². The van der Waals surface area contributed by atoms with E-state index in [0.29, 0.717) is 18.2 Å².